The molecule has 2 aromatic heterocycles. The van der Waals surface area contributed by atoms with Crippen molar-refractivity contribution in [1.29, 1.82) is 0 Å². The van der Waals surface area contributed by atoms with Crippen LogP contribution in [-0.2, 0) is 0 Å². The monoisotopic (exact) mass is 361 g/mol. The molecule has 0 saturated heterocycles. The molecule has 0 aliphatic rings. The van der Waals surface area contributed by atoms with Gasteiger partial charge in [0, 0.05) is 18.7 Å². The van der Waals surface area contributed by atoms with Gasteiger partial charge in [0.1, 0.15) is 0 Å². The molecule has 24 heavy (non-hydrogen) atoms. The molecule has 0 amide bonds. The summed E-state index contributed by atoms with van der Waals surface area (Å²) in [6.45, 7) is 7.11. The number of likely N-dealkylation sites (N-methyl/N-ethyl adjacent to an activating group) is 1. The second-order valence-corrected chi connectivity index (χ2v) is 7.12. The molecule has 2 rings (SSSR count). The number of Topliss-reactive ketones (excluding diaryl/α,β-unsaturated/α-hetero) is 1. The Morgan fingerprint density at radius 1 is 1.21 bits per heavy atom. The molecule has 0 aliphatic carbocycles. The Hall–Kier alpha value is -1.59. The summed E-state index contributed by atoms with van der Waals surface area (Å²) in [6.07, 6.45) is 6.20. The number of thiocarbonyl (C=S) groups is 1. The second kappa shape index (κ2) is 9.04. The number of rotatable bonds is 8. The van der Waals surface area contributed by atoms with Gasteiger partial charge in [0.05, 0.1) is 4.88 Å². The first-order valence-electron chi connectivity index (χ1n) is 8.48. The van der Waals surface area contributed by atoms with E-state index in [-0.39, 0.29) is 5.78 Å². The van der Waals surface area contributed by atoms with Gasteiger partial charge in [-0.3, -0.25) is 4.79 Å². The lowest BCUT2D eigenvalue weighted by Gasteiger charge is -2.15. The average Bonchev–Trinajstić information content (AvgIpc) is 3.12. The number of nitrogens with zero attached hydrogens (tertiary/aromatic N) is 1. The van der Waals surface area contributed by atoms with Crippen LogP contribution in [-0.4, -0.2) is 17.3 Å². The summed E-state index contributed by atoms with van der Waals surface area (Å²) < 4.78 is 1.92. The lowest BCUT2D eigenvalue weighted by atomic mass is 9.95. The molecule has 1 atom stereocenters. The number of thiophene rings is 1. The Morgan fingerprint density at radius 2 is 1.88 bits per heavy atom. The average molecular weight is 362 g/mol. The molecule has 0 aliphatic heterocycles. The molecule has 5 heteroatoms. The fourth-order valence-electron chi connectivity index (χ4n) is 2.87. The Labute approximate surface area is 153 Å². The van der Waals surface area contributed by atoms with Gasteiger partial charge in [-0.2, -0.15) is 4.57 Å². The first-order valence-corrected chi connectivity index (χ1v) is 9.77. The second-order valence-electron chi connectivity index (χ2n) is 5.73. The summed E-state index contributed by atoms with van der Waals surface area (Å²) >= 11 is 6.94. The van der Waals surface area contributed by atoms with Crippen LogP contribution in [0.15, 0.2) is 42.0 Å². The lowest BCUT2D eigenvalue weighted by Crippen LogP contribution is -2.51. The van der Waals surface area contributed by atoms with Crippen molar-refractivity contribution in [3.8, 4) is 0 Å². The topological polar surface area (TPSA) is 33.0 Å². The van der Waals surface area contributed by atoms with Crippen LogP contribution in [0.3, 0.4) is 0 Å². The molecule has 0 aromatic carbocycles. The largest absolute Gasteiger partial charge is 0.374 e. The summed E-state index contributed by atoms with van der Waals surface area (Å²) in [4.78, 5) is 14.2. The highest BCUT2D eigenvalue weighted by molar-refractivity contribution is 7.80. The SMILES string of the molecule is CCNC(=S)[C@@H](C(=O)c1cccs1)[n+]1ccc(C(CC)CC)cc1. The van der Waals surface area contributed by atoms with Crippen molar-refractivity contribution in [2.45, 2.75) is 45.6 Å². The van der Waals surface area contributed by atoms with Gasteiger partial charge >= 0.3 is 0 Å². The molecule has 0 spiro atoms. The fourth-order valence-corrected chi connectivity index (χ4v) is 3.93. The van der Waals surface area contributed by atoms with Gasteiger partial charge in [-0.05, 0) is 42.7 Å². The van der Waals surface area contributed by atoms with E-state index in [1.807, 2.05) is 41.4 Å². The van der Waals surface area contributed by atoms with Crippen molar-refractivity contribution < 1.29 is 9.36 Å². The van der Waals surface area contributed by atoms with Crippen LogP contribution in [0.1, 0.15) is 60.8 Å². The van der Waals surface area contributed by atoms with E-state index in [1.165, 1.54) is 16.9 Å². The van der Waals surface area contributed by atoms with Crippen molar-refractivity contribution in [2.24, 2.45) is 0 Å². The number of carbonyl (C=O) groups excluding carboxylic acids is 1. The standard InChI is InChI=1S/C19H24N2OS2/c1-4-14(5-2)15-9-11-21(12-10-15)17(19(23)20-6-3)18(22)16-8-7-13-24-16/h7-14,17H,4-6H2,1-3H3/p+1/t17-/m1/s1. The Kier molecular flexibility index (Phi) is 7.06. The Balaban J connectivity index is 2.33. The summed E-state index contributed by atoms with van der Waals surface area (Å²) in [5.74, 6) is 0.600. The van der Waals surface area contributed by atoms with Gasteiger partial charge in [-0.25, -0.2) is 0 Å². The van der Waals surface area contributed by atoms with Gasteiger partial charge < -0.3 is 5.32 Å². The number of hydrogen-bond donors (Lipinski definition) is 1. The Morgan fingerprint density at radius 3 is 2.38 bits per heavy atom. The van der Waals surface area contributed by atoms with E-state index in [1.54, 1.807) is 0 Å². The summed E-state index contributed by atoms with van der Waals surface area (Å²) in [5, 5.41) is 5.06. The van der Waals surface area contributed by atoms with E-state index in [9.17, 15) is 4.79 Å². The fraction of sp³-hybridized carbons (Fsp3) is 0.421. The molecule has 3 nitrogen and oxygen atoms in total. The molecule has 1 N–H and O–H groups in total. The summed E-state index contributed by atoms with van der Waals surface area (Å²) in [6, 6.07) is 7.48. The predicted molar refractivity (Wildman–Crippen MR) is 104 cm³/mol. The number of aromatic nitrogens is 1. The zero-order valence-corrected chi connectivity index (χ0v) is 16.1. The third kappa shape index (κ3) is 4.28. The van der Waals surface area contributed by atoms with Crippen molar-refractivity contribution in [3.05, 3.63) is 52.5 Å². The molecule has 2 heterocycles. The minimum atomic E-state index is -0.491. The van der Waals surface area contributed by atoms with Crippen molar-refractivity contribution in [1.82, 2.24) is 5.32 Å². The number of pyridine rings is 1. The highest BCUT2D eigenvalue weighted by Crippen LogP contribution is 2.22. The third-order valence-electron chi connectivity index (χ3n) is 4.25. The van der Waals surface area contributed by atoms with Gasteiger partial charge in [0.15, 0.2) is 17.4 Å². The molecular weight excluding hydrogens is 336 g/mol. The normalized spacial score (nSPS) is 12.2. The Bertz CT molecular complexity index is 661. The summed E-state index contributed by atoms with van der Waals surface area (Å²) in [7, 11) is 0. The van der Waals surface area contributed by atoms with Crippen LogP contribution < -0.4 is 9.88 Å². The highest BCUT2D eigenvalue weighted by Gasteiger charge is 2.33. The molecule has 0 radical (unpaired) electrons. The quantitative estimate of drug-likeness (QED) is 0.432. The predicted octanol–water partition coefficient (Wildman–Crippen LogP) is 4.30. The molecule has 2 aromatic rings. The molecular formula is C19H25N2OS2+. The number of hydrogen-bond acceptors (Lipinski definition) is 3. The molecule has 0 fully saturated rings. The maximum atomic E-state index is 12.9. The van der Waals surface area contributed by atoms with Crippen LogP contribution in [0, 0.1) is 0 Å². The zero-order valence-electron chi connectivity index (χ0n) is 14.5. The minimum Gasteiger partial charge on any atom is -0.374 e. The number of nitrogens with one attached hydrogen (secondary N) is 1. The zero-order chi connectivity index (χ0) is 17.5. The van der Waals surface area contributed by atoms with E-state index in [0.29, 0.717) is 17.5 Å². The van der Waals surface area contributed by atoms with Gasteiger partial charge in [-0.1, -0.05) is 32.1 Å². The molecule has 0 saturated carbocycles. The van der Waals surface area contributed by atoms with E-state index in [4.69, 9.17) is 12.2 Å². The smallest absolute Gasteiger partial charge is 0.271 e. The lowest BCUT2D eigenvalue weighted by molar-refractivity contribution is -0.692. The number of carbonyl (C=O) groups is 1. The van der Waals surface area contributed by atoms with Crippen LogP contribution in [0.25, 0.3) is 0 Å². The first-order chi connectivity index (χ1) is 11.6. The maximum Gasteiger partial charge on any atom is 0.271 e. The van der Waals surface area contributed by atoms with Crippen molar-refractivity contribution in [2.75, 3.05) is 6.54 Å². The maximum absolute atomic E-state index is 12.9. The van der Waals surface area contributed by atoms with Crippen molar-refractivity contribution >= 4 is 34.3 Å². The summed E-state index contributed by atoms with van der Waals surface area (Å²) in [5.41, 5.74) is 1.31. The van der Waals surface area contributed by atoms with E-state index >= 15 is 0 Å². The third-order valence-corrected chi connectivity index (χ3v) is 5.50. The molecule has 128 valence electrons. The first kappa shape index (κ1) is 18.7. The van der Waals surface area contributed by atoms with Crippen molar-refractivity contribution in [3.63, 3.8) is 0 Å². The minimum absolute atomic E-state index is 0.0382. The van der Waals surface area contributed by atoms with E-state index < -0.39 is 6.04 Å². The van der Waals surface area contributed by atoms with Gasteiger partial charge in [0.2, 0.25) is 5.78 Å². The van der Waals surface area contributed by atoms with Crippen LogP contribution in [0.2, 0.25) is 0 Å². The van der Waals surface area contributed by atoms with Gasteiger partial charge in [0.25, 0.3) is 6.04 Å². The molecule has 0 bridgehead atoms. The molecule has 0 unspecified atom stereocenters. The van der Waals surface area contributed by atoms with Crippen LogP contribution in [0.4, 0.5) is 0 Å². The van der Waals surface area contributed by atoms with E-state index in [2.05, 4.69) is 31.3 Å². The number of ketones is 1. The van der Waals surface area contributed by atoms with Crippen LogP contribution in [0.5, 0.6) is 0 Å². The van der Waals surface area contributed by atoms with E-state index in [0.717, 1.165) is 17.7 Å². The van der Waals surface area contributed by atoms with Gasteiger partial charge in [-0.15, -0.1) is 11.3 Å². The van der Waals surface area contributed by atoms with Crippen LogP contribution >= 0.6 is 23.6 Å². The highest BCUT2D eigenvalue weighted by atomic mass is 32.1.